The van der Waals surface area contributed by atoms with Crippen LogP contribution in [0, 0.1) is 0 Å². The largest absolute Gasteiger partial charge is 0.372 e. The topological polar surface area (TPSA) is 41.6 Å². The molecule has 0 saturated carbocycles. The fourth-order valence-electron chi connectivity index (χ4n) is 3.40. The van der Waals surface area contributed by atoms with E-state index in [1.54, 1.807) is 0 Å². The maximum absolute atomic E-state index is 13.0. The van der Waals surface area contributed by atoms with Crippen LogP contribution in [0.25, 0.3) is 0 Å². The Morgan fingerprint density at radius 3 is 2.17 bits per heavy atom. The average molecular weight is 403 g/mol. The molecule has 0 spiro atoms. The molecule has 0 heterocycles. The molecule has 0 bridgehead atoms. The second kappa shape index (κ2) is 11.3. The van der Waals surface area contributed by atoms with Gasteiger partial charge in [-0.2, -0.15) is 0 Å². The van der Waals surface area contributed by atoms with Crippen molar-refractivity contribution < 1.29 is 9.53 Å². The molecule has 1 N–H and O–H groups in total. The molecule has 0 fully saturated rings. The van der Waals surface area contributed by atoms with E-state index in [1.165, 1.54) is 0 Å². The van der Waals surface area contributed by atoms with Crippen LogP contribution in [-0.4, -0.2) is 24.4 Å². The molecule has 156 valence electrons. The molecular formula is C26H30N2O2. The summed E-state index contributed by atoms with van der Waals surface area (Å²) in [6.07, 6.45) is 0. The van der Waals surface area contributed by atoms with Crippen LogP contribution in [0.4, 0.5) is 0 Å². The van der Waals surface area contributed by atoms with Gasteiger partial charge < -0.3 is 10.1 Å². The SMILES string of the molecule is CCN(C)C(C(=O)NCc1cccc(COCc2ccccc2)c1)c1ccccc1. The number of likely N-dealkylation sites (N-methyl/N-ethyl adjacent to an activating group) is 1. The lowest BCUT2D eigenvalue weighted by atomic mass is 10.0. The van der Waals surface area contributed by atoms with Crippen molar-refractivity contribution in [3.8, 4) is 0 Å². The maximum Gasteiger partial charge on any atom is 0.242 e. The Hall–Kier alpha value is -2.95. The van der Waals surface area contributed by atoms with Crippen LogP contribution in [-0.2, 0) is 29.3 Å². The van der Waals surface area contributed by atoms with Gasteiger partial charge in [-0.15, -0.1) is 0 Å². The molecule has 0 aromatic heterocycles. The first-order valence-electron chi connectivity index (χ1n) is 10.4. The monoisotopic (exact) mass is 402 g/mol. The summed E-state index contributed by atoms with van der Waals surface area (Å²) in [6.45, 7) is 4.47. The molecule has 4 nitrogen and oxygen atoms in total. The van der Waals surface area contributed by atoms with E-state index in [0.717, 1.165) is 28.8 Å². The van der Waals surface area contributed by atoms with Gasteiger partial charge in [0, 0.05) is 6.54 Å². The summed E-state index contributed by atoms with van der Waals surface area (Å²) in [7, 11) is 1.97. The van der Waals surface area contributed by atoms with Crippen LogP contribution in [0.5, 0.6) is 0 Å². The van der Waals surface area contributed by atoms with Crippen molar-refractivity contribution in [3.63, 3.8) is 0 Å². The van der Waals surface area contributed by atoms with Gasteiger partial charge >= 0.3 is 0 Å². The maximum atomic E-state index is 13.0. The molecule has 0 saturated heterocycles. The van der Waals surface area contributed by atoms with E-state index in [-0.39, 0.29) is 11.9 Å². The standard InChI is InChI=1S/C26H30N2O2/c1-3-28(2)25(24-15-8-5-9-16-24)26(29)27-18-22-13-10-14-23(17-22)20-30-19-21-11-6-4-7-12-21/h4-17,25H,3,18-20H2,1-2H3,(H,27,29). The smallest absolute Gasteiger partial charge is 0.242 e. The predicted molar refractivity (Wildman–Crippen MR) is 121 cm³/mol. The molecule has 3 aromatic carbocycles. The zero-order valence-electron chi connectivity index (χ0n) is 17.8. The van der Waals surface area contributed by atoms with Gasteiger partial charge in [-0.25, -0.2) is 0 Å². The highest BCUT2D eigenvalue weighted by Gasteiger charge is 2.23. The molecule has 3 rings (SSSR count). The third kappa shape index (κ3) is 6.28. The molecule has 0 aliphatic carbocycles. The quantitative estimate of drug-likeness (QED) is 0.534. The molecule has 0 aliphatic heterocycles. The van der Waals surface area contributed by atoms with Crippen molar-refractivity contribution in [2.75, 3.05) is 13.6 Å². The molecule has 30 heavy (non-hydrogen) atoms. The third-order valence-electron chi connectivity index (χ3n) is 5.14. The molecule has 1 unspecified atom stereocenters. The lowest BCUT2D eigenvalue weighted by molar-refractivity contribution is -0.126. The van der Waals surface area contributed by atoms with Crippen LogP contribution < -0.4 is 5.32 Å². The van der Waals surface area contributed by atoms with Gasteiger partial charge in [0.1, 0.15) is 6.04 Å². The van der Waals surface area contributed by atoms with Crippen molar-refractivity contribution >= 4 is 5.91 Å². The minimum Gasteiger partial charge on any atom is -0.372 e. The minimum absolute atomic E-state index is 0.0104. The number of rotatable bonds is 10. The van der Waals surface area contributed by atoms with Crippen LogP contribution in [0.2, 0.25) is 0 Å². The van der Waals surface area contributed by atoms with Crippen LogP contribution >= 0.6 is 0 Å². The number of ether oxygens (including phenoxy) is 1. The first-order valence-corrected chi connectivity index (χ1v) is 10.4. The van der Waals surface area contributed by atoms with E-state index in [2.05, 4.69) is 35.3 Å². The van der Waals surface area contributed by atoms with Crippen molar-refractivity contribution in [1.29, 1.82) is 0 Å². The number of hydrogen-bond donors (Lipinski definition) is 1. The van der Waals surface area contributed by atoms with Gasteiger partial charge in [-0.1, -0.05) is 91.9 Å². The average Bonchev–Trinajstić information content (AvgIpc) is 2.79. The van der Waals surface area contributed by atoms with E-state index in [4.69, 9.17) is 4.74 Å². The minimum atomic E-state index is -0.298. The lowest BCUT2D eigenvalue weighted by Crippen LogP contribution is -2.38. The molecule has 0 aliphatic rings. The number of carbonyl (C=O) groups is 1. The van der Waals surface area contributed by atoms with Gasteiger partial charge in [-0.3, -0.25) is 9.69 Å². The zero-order valence-corrected chi connectivity index (χ0v) is 17.8. The van der Waals surface area contributed by atoms with Crippen LogP contribution in [0.3, 0.4) is 0 Å². The third-order valence-corrected chi connectivity index (χ3v) is 5.14. The van der Waals surface area contributed by atoms with Crippen LogP contribution in [0.15, 0.2) is 84.9 Å². The second-order valence-corrected chi connectivity index (χ2v) is 7.40. The normalized spacial score (nSPS) is 12.0. The lowest BCUT2D eigenvalue weighted by Gasteiger charge is -2.26. The van der Waals surface area contributed by atoms with Gasteiger partial charge in [-0.05, 0) is 35.8 Å². The van der Waals surface area contributed by atoms with E-state index >= 15 is 0 Å². The predicted octanol–water partition coefficient (Wildman–Crippen LogP) is 4.71. The Bertz CT molecular complexity index is 913. The Kier molecular flexibility index (Phi) is 8.19. The summed E-state index contributed by atoms with van der Waals surface area (Å²) in [5.74, 6) is 0.0104. The van der Waals surface area contributed by atoms with E-state index in [9.17, 15) is 4.79 Å². The zero-order chi connectivity index (χ0) is 21.2. The van der Waals surface area contributed by atoms with Crippen molar-refractivity contribution in [3.05, 3.63) is 107 Å². The second-order valence-electron chi connectivity index (χ2n) is 7.40. The number of nitrogens with one attached hydrogen (secondary N) is 1. The summed E-state index contributed by atoms with van der Waals surface area (Å²) in [5.41, 5.74) is 4.33. The van der Waals surface area contributed by atoms with Gasteiger partial charge in [0.05, 0.1) is 13.2 Å². The van der Waals surface area contributed by atoms with E-state index in [1.807, 2.05) is 73.8 Å². The molecule has 1 amide bonds. The Morgan fingerprint density at radius 2 is 1.47 bits per heavy atom. The van der Waals surface area contributed by atoms with E-state index in [0.29, 0.717) is 19.8 Å². The molecule has 4 heteroatoms. The van der Waals surface area contributed by atoms with Gasteiger partial charge in [0.15, 0.2) is 0 Å². The summed E-state index contributed by atoms with van der Waals surface area (Å²) in [4.78, 5) is 15.0. The Morgan fingerprint density at radius 1 is 0.867 bits per heavy atom. The first kappa shape index (κ1) is 21.8. The fourth-order valence-corrected chi connectivity index (χ4v) is 3.40. The van der Waals surface area contributed by atoms with Crippen molar-refractivity contribution in [1.82, 2.24) is 10.2 Å². The van der Waals surface area contributed by atoms with Crippen molar-refractivity contribution in [2.24, 2.45) is 0 Å². The highest BCUT2D eigenvalue weighted by atomic mass is 16.5. The van der Waals surface area contributed by atoms with Crippen molar-refractivity contribution in [2.45, 2.75) is 32.7 Å². The number of nitrogens with zero attached hydrogens (tertiary/aromatic N) is 1. The van der Waals surface area contributed by atoms with Gasteiger partial charge in [0.2, 0.25) is 5.91 Å². The van der Waals surface area contributed by atoms with E-state index < -0.39 is 0 Å². The van der Waals surface area contributed by atoms with Crippen LogP contribution in [0.1, 0.15) is 35.2 Å². The fraction of sp³-hybridized carbons (Fsp3) is 0.269. The summed E-state index contributed by atoms with van der Waals surface area (Å²) in [6, 6.07) is 27.9. The highest BCUT2D eigenvalue weighted by molar-refractivity contribution is 5.83. The number of hydrogen-bond acceptors (Lipinski definition) is 3. The summed E-state index contributed by atoms with van der Waals surface area (Å²) >= 11 is 0. The molecule has 3 aromatic rings. The first-order chi connectivity index (χ1) is 14.7. The number of amides is 1. The summed E-state index contributed by atoms with van der Waals surface area (Å²) in [5, 5.41) is 3.10. The molecule has 0 radical (unpaired) electrons. The Labute approximate surface area is 179 Å². The number of benzene rings is 3. The highest BCUT2D eigenvalue weighted by Crippen LogP contribution is 2.19. The number of carbonyl (C=O) groups excluding carboxylic acids is 1. The molecular weight excluding hydrogens is 372 g/mol. The molecule has 1 atom stereocenters. The summed E-state index contributed by atoms with van der Waals surface area (Å²) < 4.78 is 5.83. The van der Waals surface area contributed by atoms with Gasteiger partial charge in [0.25, 0.3) is 0 Å². The Balaban J connectivity index is 1.56.